The molecular weight excluding hydrogens is 552 g/mol. The maximum absolute atomic E-state index is 13.3. The van der Waals surface area contributed by atoms with Gasteiger partial charge in [0.05, 0.1) is 18.8 Å². The number of amides is 1. The van der Waals surface area contributed by atoms with Gasteiger partial charge in [-0.15, -0.1) is 0 Å². The van der Waals surface area contributed by atoms with E-state index in [-0.39, 0.29) is 68.9 Å². The fraction of sp³-hybridized carbons (Fsp3) is 0.838. The van der Waals surface area contributed by atoms with Crippen LogP contribution in [0.25, 0.3) is 0 Å². The molecule has 7 atom stereocenters. The van der Waals surface area contributed by atoms with Crippen LogP contribution in [-0.4, -0.2) is 42.5 Å². The average Bonchev–Trinajstić information content (AvgIpc) is 3.42. The predicted molar refractivity (Wildman–Crippen MR) is 172 cm³/mol. The molecule has 0 bridgehead atoms. The molecule has 2 saturated carbocycles. The first-order valence-corrected chi connectivity index (χ1v) is 17.0. The summed E-state index contributed by atoms with van der Waals surface area (Å²) in [5.41, 5.74) is -1.51. The number of nitrogens with zero attached hydrogens (tertiary/aromatic N) is 1. The van der Waals surface area contributed by atoms with E-state index in [9.17, 15) is 19.6 Å². The Bertz CT molecular complexity index is 1220. The van der Waals surface area contributed by atoms with E-state index in [1.54, 1.807) is 6.92 Å². The first-order valence-electron chi connectivity index (χ1n) is 17.0. The summed E-state index contributed by atoms with van der Waals surface area (Å²) >= 11 is 0. The van der Waals surface area contributed by atoms with Gasteiger partial charge in [0, 0.05) is 23.8 Å². The highest BCUT2D eigenvalue weighted by molar-refractivity contribution is 6.04. The van der Waals surface area contributed by atoms with E-state index in [4.69, 9.17) is 9.47 Å². The molecule has 1 heterocycles. The number of fused-ring (bicyclic) bond motifs is 1. The van der Waals surface area contributed by atoms with Crippen LogP contribution in [0.2, 0.25) is 0 Å². The molecule has 3 fully saturated rings. The van der Waals surface area contributed by atoms with Crippen molar-refractivity contribution in [3.63, 3.8) is 0 Å². The minimum absolute atomic E-state index is 0.0315. The van der Waals surface area contributed by atoms with Crippen molar-refractivity contribution in [2.24, 2.45) is 44.8 Å². The summed E-state index contributed by atoms with van der Waals surface area (Å²) in [6.07, 6.45) is 8.93. The lowest BCUT2D eigenvalue weighted by atomic mass is 9.39. The second-order valence-corrected chi connectivity index (χ2v) is 17.4. The Labute approximate surface area is 266 Å². The molecule has 1 saturated heterocycles. The number of nitrogens with one attached hydrogen (secondary N) is 1. The summed E-state index contributed by atoms with van der Waals surface area (Å²) in [5, 5.41) is 13.4. The fourth-order valence-corrected chi connectivity index (χ4v) is 10.1. The van der Waals surface area contributed by atoms with Crippen LogP contribution in [0.1, 0.15) is 127 Å². The molecule has 0 aromatic carbocycles. The second kappa shape index (κ2) is 11.9. The number of rotatable bonds is 8. The van der Waals surface area contributed by atoms with Gasteiger partial charge in [-0.3, -0.25) is 4.79 Å². The maximum Gasteiger partial charge on any atom is 0.407 e. The summed E-state index contributed by atoms with van der Waals surface area (Å²) in [5.74, 6) is 0.354. The molecule has 1 aliphatic heterocycles. The van der Waals surface area contributed by atoms with E-state index in [1.165, 1.54) is 0 Å². The Balaban J connectivity index is 1.67. The minimum atomic E-state index is -0.669. The number of alkyl carbamates (subject to hydrolysis) is 1. The molecule has 246 valence electrons. The quantitative estimate of drug-likeness (QED) is 0.299. The van der Waals surface area contributed by atoms with Gasteiger partial charge in [0.25, 0.3) is 0 Å². The Morgan fingerprint density at radius 2 is 1.80 bits per heavy atom. The predicted octanol–water partition coefficient (Wildman–Crippen LogP) is 7.97. The molecule has 7 nitrogen and oxygen atoms in total. The number of carbonyl (C=O) groups is 3. The van der Waals surface area contributed by atoms with E-state index < -0.39 is 10.8 Å². The smallest absolute Gasteiger partial charge is 0.407 e. The standard InChI is InChI=1S/C37H58N2O5/c1-24-20-32(3,4)14-16-37(24,39-31(42)44-27-12-18-43-23-27)17-15-33(5,6)36(10)13-11-28-34(7,8)30(41)26(22-38)21-35(28,9)29(36)19-25(2)40/h21,24,27-29H,11-20,23H2,1-10H3,(H,39,42)/t24?,27?,28-,29+,35-,36+,37-/m0/s1. The van der Waals surface area contributed by atoms with Gasteiger partial charge in [-0.1, -0.05) is 68.4 Å². The molecule has 0 radical (unpaired) electrons. The van der Waals surface area contributed by atoms with Crippen LogP contribution in [0.15, 0.2) is 11.6 Å². The van der Waals surface area contributed by atoms with E-state index in [2.05, 4.69) is 59.9 Å². The zero-order valence-electron chi connectivity index (χ0n) is 29.2. The summed E-state index contributed by atoms with van der Waals surface area (Å²) in [4.78, 5) is 39.6. The summed E-state index contributed by atoms with van der Waals surface area (Å²) in [6.45, 7) is 22.8. The zero-order valence-corrected chi connectivity index (χ0v) is 29.2. The third-order valence-corrected chi connectivity index (χ3v) is 13.3. The molecule has 2 unspecified atom stereocenters. The normalized spacial score (nSPS) is 38.2. The number of allylic oxidation sites excluding steroid dienone is 2. The van der Waals surface area contributed by atoms with Crippen molar-refractivity contribution in [2.45, 2.75) is 139 Å². The van der Waals surface area contributed by atoms with Crippen LogP contribution in [0.4, 0.5) is 4.79 Å². The van der Waals surface area contributed by atoms with Gasteiger partial charge in [-0.2, -0.15) is 5.26 Å². The highest BCUT2D eigenvalue weighted by atomic mass is 16.6. The molecular formula is C37H58N2O5. The van der Waals surface area contributed by atoms with Crippen molar-refractivity contribution in [2.75, 3.05) is 13.2 Å². The molecule has 4 rings (SSSR count). The molecule has 0 spiro atoms. The fourth-order valence-electron chi connectivity index (χ4n) is 10.1. The average molecular weight is 611 g/mol. The van der Waals surface area contributed by atoms with Gasteiger partial charge in [0.2, 0.25) is 0 Å². The highest BCUT2D eigenvalue weighted by Crippen LogP contribution is 2.68. The van der Waals surface area contributed by atoms with Gasteiger partial charge >= 0.3 is 6.09 Å². The Hall–Kier alpha value is -2.20. The van der Waals surface area contributed by atoms with Gasteiger partial charge in [0.15, 0.2) is 5.78 Å². The molecule has 7 heteroatoms. The Morgan fingerprint density at radius 3 is 2.36 bits per heavy atom. The van der Waals surface area contributed by atoms with Crippen molar-refractivity contribution >= 4 is 17.7 Å². The number of hydrogen-bond acceptors (Lipinski definition) is 6. The van der Waals surface area contributed by atoms with Crippen LogP contribution in [0.5, 0.6) is 0 Å². The largest absolute Gasteiger partial charge is 0.444 e. The van der Waals surface area contributed by atoms with Gasteiger partial charge in [-0.05, 0) is 91.3 Å². The monoisotopic (exact) mass is 610 g/mol. The number of Topliss-reactive ketones (excluding diaryl/α,β-unsaturated/α-hetero) is 2. The number of nitriles is 1. The Morgan fingerprint density at radius 1 is 1.11 bits per heavy atom. The van der Waals surface area contributed by atoms with Crippen LogP contribution < -0.4 is 5.32 Å². The maximum atomic E-state index is 13.3. The van der Waals surface area contributed by atoms with Crippen molar-refractivity contribution in [1.29, 1.82) is 5.26 Å². The van der Waals surface area contributed by atoms with Crippen molar-refractivity contribution < 1.29 is 23.9 Å². The SMILES string of the molecule is CC(=O)C[C@@H]1[C@@]2(C)C=C(C#N)C(=O)C(C)(C)[C@@H]2CC[C@@]1(C)C(C)(C)CC[C@@]1(NC(=O)OC2CCOC2)CCC(C)(C)CC1C. The topological polar surface area (TPSA) is 105 Å². The molecule has 0 aromatic heterocycles. The number of ether oxygens (including phenoxy) is 2. The minimum Gasteiger partial charge on any atom is -0.444 e. The third-order valence-electron chi connectivity index (χ3n) is 13.3. The lowest BCUT2D eigenvalue weighted by Gasteiger charge is -2.64. The second-order valence-electron chi connectivity index (χ2n) is 17.4. The summed E-state index contributed by atoms with van der Waals surface area (Å²) in [6, 6.07) is 2.20. The van der Waals surface area contributed by atoms with Crippen LogP contribution in [0.3, 0.4) is 0 Å². The van der Waals surface area contributed by atoms with Crippen LogP contribution in [-0.2, 0) is 19.1 Å². The van der Waals surface area contributed by atoms with E-state index in [0.717, 1.165) is 51.4 Å². The van der Waals surface area contributed by atoms with Crippen LogP contribution >= 0.6 is 0 Å². The summed E-state index contributed by atoms with van der Waals surface area (Å²) < 4.78 is 11.3. The van der Waals surface area contributed by atoms with Crippen molar-refractivity contribution in [1.82, 2.24) is 5.32 Å². The lowest BCUT2D eigenvalue weighted by Crippen LogP contribution is -2.61. The summed E-state index contributed by atoms with van der Waals surface area (Å²) in [7, 11) is 0. The molecule has 1 N–H and O–H groups in total. The number of carbonyl (C=O) groups excluding carboxylic acids is 3. The highest BCUT2D eigenvalue weighted by Gasteiger charge is 2.63. The first kappa shape index (κ1) is 34.7. The van der Waals surface area contributed by atoms with Crippen molar-refractivity contribution in [3.05, 3.63) is 11.6 Å². The zero-order chi connectivity index (χ0) is 32.9. The lowest BCUT2D eigenvalue weighted by molar-refractivity contribution is -0.156. The third kappa shape index (κ3) is 6.14. The van der Waals surface area contributed by atoms with Gasteiger partial charge in [0.1, 0.15) is 18.0 Å². The van der Waals surface area contributed by atoms with E-state index in [0.29, 0.717) is 19.6 Å². The van der Waals surface area contributed by atoms with Crippen molar-refractivity contribution in [3.8, 4) is 6.07 Å². The number of ketones is 2. The van der Waals surface area contributed by atoms with Crippen LogP contribution in [0, 0.1) is 56.2 Å². The molecule has 4 aliphatic rings. The van der Waals surface area contributed by atoms with E-state index in [1.807, 2.05) is 19.9 Å². The first-order chi connectivity index (χ1) is 20.2. The molecule has 44 heavy (non-hydrogen) atoms. The van der Waals surface area contributed by atoms with Gasteiger partial charge < -0.3 is 19.6 Å². The van der Waals surface area contributed by atoms with E-state index >= 15 is 0 Å². The van der Waals surface area contributed by atoms with Gasteiger partial charge in [-0.25, -0.2) is 4.79 Å². The molecule has 1 amide bonds. The molecule has 3 aliphatic carbocycles. The molecule has 0 aromatic rings. The number of hydrogen-bond donors (Lipinski definition) is 1. The Kier molecular flexibility index (Phi) is 9.35.